The topological polar surface area (TPSA) is 101 Å². The maximum atomic E-state index is 13.4. The number of carboxylic acids is 2. The number of oxazole rings is 1. The molecule has 1 aromatic carbocycles. The minimum Gasteiger partial charge on any atom is -0.476 e. The van der Waals surface area contributed by atoms with E-state index >= 15 is 0 Å². The highest BCUT2D eigenvalue weighted by Gasteiger charge is 2.26. The summed E-state index contributed by atoms with van der Waals surface area (Å²) < 4.78 is 31.1. The zero-order valence-corrected chi connectivity index (χ0v) is 9.05. The van der Waals surface area contributed by atoms with Crippen LogP contribution in [0, 0.1) is 11.6 Å². The van der Waals surface area contributed by atoms with Crippen molar-refractivity contribution < 1.29 is 33.0 Å². The first kappa shape index (κ1) is 12.7. The van der Waals surface area contributed by atoms with Crippen molar-refractivity contribution in [3.05, 3.63) is 41.3 Å². The summed E-state index contributed by atoms with van der Waals surface area (Å²) >= 11 is 0. The van der Waals surface area contributed by atoms with E-state index in [2.05, 4.69) is 9.40 Å². The molecule has 0 aliphatic rings. The fourth-order valence-corrected chi connectivity index (χ4v) is 1.39. The molecule has 1 heterocycles. The number of hydrogen-bond acceptors (Lipinski definition) is 4. The highest BCUT2D eigenvalue weighted by atomic mass is 19.1. The average Bonchev–Trinajstić information content (AvgIpc) is 2.77. The van der Waals surface area contributed by atoms with Gasteiger partial charge in [0.05, 0.1) is 5.56 Å². The molecule has 0 bridgehead atoms. The van der Waals surface area contributed by atoms with Crippen LogP contribution in [-0.2, 0) is 0 Å². The van der Waals surface area contributed by atoms with E-state index in [1.54, 1.807) is 0 Å². The van der Waals surface area contributed by atoms with E-state index in [-0.39, 0.29) is 0 Å². The first-order chi connectivity index (χ1) is 8.90. The summed E-state index contributed by atoms with van der Waals surface area (Å²) in [6, 6.07) is 2.35. The molecule has 2 rings (SSSR count). The number of halogens is 2. The second kappa shape index (κ2) is 4.48. The van der Waals surface area contributed by atoms with E-state index < -0.39 is 46.5 Å². The summed E-state index contributed by atoms with van der Waals surface area (Å²) in [6.07, 6.45) is 0. The molecule has 0 unspecified atom stereocenters. The van der Waals surface area contributed by atoms with E-state index in [4.69, 9.17) is 10.2 Å². The van der Waals surface area contributed by atoms with Gasteiger partial charge in [-0.05, 0) is 18.2 Å². The van der Waals surface area contributed by atoms with Crippen LogP contribution in [0.15, 0.2) is 22.6 Å². The van der Waals surface area contributed by atoms with Crippen molar-refractivity contribution in [3.8, 4) is 11.5 Å². The summed E-state index contributed by atoms with van der Waals surface area (Å²) in [5.41, 5.74) is -1.35. The molecule has 0 saturated carbocycles. The number of rotatable bonds is 3. The molecule has 0 saturated heterocycles. The minimum atomic E-state index is -1.67. The fraction of sp³-hybridized carbons (Fsp3) is 0. The lowest BCUT2D eigenvalue weighted by atomic mass is 10.2. The summed E-state index contributed by atoms with van der Waals surface area (Å²) in [4.78, 5) is 24.9. The van der Waals surface area contributed by atoms with Gasteiger partial charge in [-0.15, -0.1) is 0 Å². The first-order valence-corrected chi connectivity index (χ1v) is 4.83. The van der Waals surface area contributed by atoms with Gasteiger partial charge in [0.2, 0.25) is 17.3 Å². The molecular weight excluding hydrogens is 264 g/mol. The molecule has 0 amide bonds. The van der Waals surface area contributed by atoms with Crippen LogP contribution in [0.5, 0.6) is 0 Å². The number of carboxylic acid groups (broad SMARTS) is 2. The van der Waals surface area contributed by atoms with Crippen molar-refractivity contribution >= 4 is 11.9 Å². The minimum absolute atomic E-state index is 0.463. The van der Waals surface area contributed by atoms with E-state index in [9.17, 15) is 18.4 Å². The first-order valence-electron chi connectivity index (χ1n) is 4.83. The Labute approximate surface area is 103 Å². The average molecular weight is 269 g/mol. The number of hydrogen-bond donors (Lipinski definition) is 2. The molecule has 0 spiro atoms. The van der Waals surface area contributed by atoms with Crippen molar-refractivity contribution in [2.45, 2.75) is 0 Å². The second-order valence-electron chi connectivity index (χ2n) is 3.43. The largest absolute Gasteiger partial charge is 0.476 e. The maximum Gasteiger partial charge on any atom is 0.374 e. The van der Waals surface area contributed by atoms with E-state index in [1.807, 2.05) is 0 Å². The zero-order valence-electron chi connectivity index (χ0n) is 9.05. The smallest absolute Gasteiger partial charge is 0.374 e. The molecule has 19 heavy (non-hydrogen) atoms. The molecule has 1 aromatic heterocycles. The number of nitrogens with zero attached hydrogens (tertiary/aromatic N) is 1. The molecule has 0 radical (unpaired) electrons. The lowest BCUT2D eigenvalue weighted by Gasteiger charge is -1.97. The van der Waals surface area contributed by atoms with Gasteiger partial charge in [0.15, 0.2) is 0 Å². The summed E-state index contributed by atoms with van der Waals surface area (Å²) in [6.45, 7) is 0. The number of aromatic nitrogens is 1. The van der Waals surface area contributed by atoms with Crippen LogP contribution >= 0.6 is 0 Å². The molecule has 0 aliphatic heterocycles. The van der Waals surface area contributed by atoms with Gasteiger partial charge >= 0.3 is 11.9 Å². The van der Waals surface area contributed by atoms with Gasteiger partial charge in [0, 0.05) is 0 Å². The number of benzene rings is 1. The Balaban J connectivity index is 2.64. The Bertz CT molecular complexity index is 648. The van der Waals surface area contributed by atoms with Crippen LogP contribution in [0.25, 0.3) is 11.5 Å². The predicted octanol–water partition coefficient (Wildman–Crippen LogP) is 2.02. The molecule has 6 nitrogen and oxygen atoms in total. The zero-order chi connectivity index (χ0) is 14.2. The summed E-state index contributed by atoms with van der Waals surface area (Å²) in [7, 11) is 0. The number of carbonyl (C=O) groups is 2. The van der Waals surface area contributed by atoms with Crippen molar-refractivity contribution in [1.82, 2.24) is 4.98 Å². The lowest BCUT2D eigenvalue weighted by molar-refractivity contribution is 0.0624. The van der Waals surface area contributed by atoms with E-state index in [0.717, 1.165) is 18.2 Å². The van der Waals surface area contributed by atoms with Crippen molar-refractivity contribution in [2.24, 2.45) is 0 Å². The van der Waals surface area contributed by atoms with Crippen molar-refractivity contribution in [2.75, 3.05) is 0 Å². The third-order valence-corrected chi connectivity index (χ3v) is 2.18. The Hall–Kier alpha value is -2.77. The Morgan fingerprint density at radius 3 is 2.37 bits per heavy atom. The van der Waals surface area contributed by atoms with Crippen molar-refractivity contribution in [1.29, 1.82) is 0 Å². The van der Waals surface area contributed by atoms with Crippen LogP contribution in [-0.4, -0.2) is 27.1 Å². The standard InChI is InChI=1S/C11H5F2NO5/c12-4-1-2-6(13)5(3-4)9-14-7(10(15)16)8(19-9)11(17)18/h1-3H,(H,15,16)(H,17,18). The van der Waals surface area contributed by atoms with Gasteiger partial charge in [-0.25, -0.2) is 23.4 Å². The van der Waals surface area contributed by atoms with Crippen LogP contribution in [0.1, 0.15) is 21.0 Å². The molecular formula is C11H5F2NO5. The van der Waals surface area contributed by atoms with E-state index in [1.165, 1.54) is 0 Å². The highest BCUT2D eigenvalue weighted by molar-refractivity contribution is 5.98. The van der Waals surface area contributed by atoms with Gasteiger partial charge in [0.1, 0.15) is 11.6 Å². The normalized spacial score (nSPS) is 10.4. The number of aromatic carboxylic acids is 2. The summed E-state index contributed by atoms with van der Waals surface area (Å²) in [5, 5.41) is 17.5. The fourth-order valence-electron chi connectivity index (χ4n) is 1.39. The molecule has 8 heteroatoms. The van der Waals surface area contributed by atoms with Crippen LogP contribution in [0.2, 0.25) is 0 Å². The van der Waals surface area contributed by atoms with Crippen LogP contribution in [0.3, 0.4) is 0 Å². The SMILES string of the molecule is O=C(O)c1nc(-c2cc(F)ccc2F)oc1C(=O)O. The Kier molecular flexibility index (Phi) is 2.99. The third-order valence-electron chi connectivity index (χ3n) is 2.18. The molecule has 0 aliphatic carbocycles. The lowest BCUT2D eigenvalue weighted by Crippen LogP contribution is -2.05. The third kappa shape index (κ3) is 2.28. The van der Waals surface area contributed by atoms with Gasteiger partial charge in [-0.1, -0.05) is 0 Å². The van der Waals surface area contributed by atoms with E-state index in [0.29, 0.717) is 0 Å². The molecule has 0 atom stereocenters. The van der Waals surface area contributed by atoms with Crippen molar-refractivity contribution in [3.63, 3.8) is 0 Å². The highest BCUT2D eigenvalue weighted by Crippen LogP contribution is 2.25. The van der Waals surface area contributed by atoms with Gasteiger partial charge in [-0.3, -0.25) is 0 Å². The quantitative estimate of drug-likeness (QED) is 0.883. The Morgan fingerprint density at radius 2 is 1.84 bits per heavy atom. The molecule has 2 N–H and O–H groups in total. The second-order valence-corrected chi connectivity index (χ2v) is 3.43. The van der Waals surface area contributed by atoms with Gasteiger partial charge < -0.3 is 14.6 Å². The molecule has 0 fully saturated rings. The van der Waals surface area contributed by atoms with Crippen LogP contribution in [0.4, 0.5) is 8.78 Å². The molecule has 98 valence electrons. The van der Waals surface area contributed by atoms with Gasteiger partial charge in [0.25, 0.3) is 0 Å². The van der Waals surface area contributed by atoms with Gasteiger partial charge in [-0.2, -0.15) is 0 Å². The molecule has 2 aromatic rings. The summed E-state index contributed by atoms with van der Waals surface area (Å²) in [5.74, 6) is -6.62. The maximum absolute atomic E-state index is 13.4. The monoisotopic (exact) mass is 269 g/mol. The Morgan fingerprint density at radius 1 is 1.16 bits per heavy atom. The predicted molar refractivity (Wildman–Crippen MR) is 55.8 cm³/mol. The van der Waals surface area contributed by atoms with Crippen LogP contribution < -0.4 is 0 Å².